The van der Waals surface area contributed by atoms with Crippen molar-refractivity contribution < 1.29 is 4.48 Å². The summed E-state index contributed by atoms with van der Waals surface area (Å²) in [5.41, 5.74) is 18.5. The van der Waals surface area contributed by atoms with E-state index in [4.69, 9.17) is 11.5 Å². The van der Waals surface area contributed by atoms with E-state index < -0.39 is 0 Å². The van der Waals surface area contributed by atoms with Crippen LogP contribution in [0.25, 0.3) is 0 Å². The molecule has 0 atom stereocenters. The van der Waals surface area contributed by atoms with Crippen LogP contribution in [0.15, 0.2) is 36.4 Å². The fraction of sp³-hybridized carbons (Fsp3) is 0.520. The molecule has 1 aliphatic heterocycles. The summed E-state index contributed by atoms with van der Waals surface area (Å²) >= 11 is 0. The standard InChI is InChI=1S/C25H40N5/c1-4-30(15-5-6-22-7-9-24(26)20(2)18-22)16-13-29(14-17-30)12-11-28-23-8-10-25(27)21(3)19-23/h7-10,18-19,28H,4-6,11-17,26-27H2,1-3H3/q+1. The van der Waals surface area contributed by atoms with Crippen LogP contribution in [-0.4, -0.2) is 61.7 Å². The van der Waals surface area contributed by atoms with Crippen LogP contribution in [0, 0.1) is 13.8 Å². The molecule has 0 bridgehead atoms. The van der Waals surface area contributed by atoms with Crippen molar-refractivity contribution >= 4 is 17.1 Å². The largest absolute Gasteiger partial charge is 0.399 e. The monoisotopic (exact) mass is 410 g/mol. The van der Waals surface area contributed by atoms with Crippen LogP contribution in [-0.2, 0) is 6.42 Å². The topological polar surface area (TPSA) is 67.3 Å². The molecule has 5 nitrogen and oxygen atoms in total. The van der Waals surface area contributed by atoms with E-state index in [1.807, 2.05) is 12.1 Å². The first-order valence-corrected chi connectivity index (χ1v) is 11.4. The Hall–Kier alpha value is -2.24. The van der Waals surface area contributed by atoms with Gasteiger partial charge in [-0.2, -0.15) is 0 Å². The van der Waals surface area contributed by atoms with E-state index in [0.717, 1.165) is 42.1 Å². The fourth-order valence-corrected chi connectivity index (χ4v) is 4.51. The Balaban J connectivity index is 1.40. The maximum absolute atomic E-state index is 5.95. The summed E-state index contributed by atoms with van der Waals surface area (Å²) in [5.74, 6) is 0. The van der Waals surface area contributed by atoms with Gasteiger partial charge in [0, 0.05) is 49.7 Å². The lowest BCUT2D eigenvalue weighted by molar-refractivity contribution is -0.930. The van der Waals surface area contributed by atoms with Crippen molar-refractivity contribution in [1.82, 2.24) is 4.90 Å². The van der Waals surface area contributed by atoms with Crippen molar-refractivity contribution in [3.63, 3.8) is 0 Å². The number of rotatable bonds is 9. The zero-order valence-electron chi connectivity index (χ0n) is 19.1. The molecule has 5 N–H and O–H groups in total. The second-order valence-electron chi connectivity index (χ2n) is 8.96. The van der Waals surface area contributed by atoms with E-state index in [1.54, 1.807) is 0 Å². The third-order valence-electron chi connectivity index (χ3n) is 6.91. The zero-order chi connectivity index (χ0) is 21.6. The molecular weight excluding hydrogens is 370 g/mol. The highest BCUT2D eigenvalue weighted by molar-refractivity contribution is 5.56. The van der Waals surface area contributed by atoms with Gasteiger partial charge < -0.3 is 21.3 Å². The lowest BCUT2D eigenvalue weighted by atomic mass is 10.0. The van der Waals surface area contributed by atoms with Crippen LogP contribution in [0.1, 0.15) is 30.0 Å². The summed E-state index contributed by atoms with van der Waals surface area (Å²) in [5, 5.41) is 3.54. The van der Waals surface area contributed by atoms with Crippen molar-refractivity contribution in [2.75, 3.05) is 69.1 Å². The van der Waals surface area contributed by atoms with Gasteiger partial charge in [-0.15, -0.1) is 0 Å². The molecule has 3 rings (SSSR count). The van der Waals surface area contributed by atoms with Gasteiger partial charge in [-0.25, -0.2) is 0 Å². The molecule has 0 aliphatic carbocycles. The van der Waals surface area contributed by atoms with Crippen LogP contribution in [0.2, 0.25) is 0 Å². The van der Waals surface area contributed by atoms with Crippen LogP contribution in [0.4, 0.5) is 17.1 Å². The molecule has 1 fully saturated rings. The number of nitrogen functional groups attached to an aromatic ring is 2. The number of nitrogens with two attached hydrogens (primary N) is 2. The molecule has 1 heterocycles. The van der Waals surface area contributed by atoms with Crippen molar-refractivity contribution in [3.8, 4) is 0 Å². The molecule has 0 radical (unpaired) electrons. The van der Waals surface area contributed by atoms with Crippen LogP contribution < -0.4 is 16.8 Å². The lowest BCUT2D eigenvalue weighted by Gasteiger charge is -2.44. The van der Waals surface area contributed by atoms with E-state index >= 15 is 0 Å². The summed E-state index contributed by atoms with van der Waals surface area (Å²) in [6.07, 6.45) is 2.39. The number of quaternary nitrogens is 1. The Morgan fingerprint density at radius 3 is 2.27 bits per heavy atom. The fourth-order valence-electron chi connectivity index (χ4n) is 4.51. The molecule has 164 valence electrons. The normalized spacial score (nSPS) is 16.5. The maximum Gasteiger partial charge on any atom is 0.0916 e. The molecule has 30 heavy (non-hydrogen) atoms. The van der Waals surface area contributed by atoms with Gasteiger partial charge in [-0.1, -0.05) is 12.1 Å². The van der Waals surface area contributed by atoms with Crippen molar-refractivity contribution in [3.05, 3.63) is 53.1 Å². The Morgan fingerprint density at radius 1 is 0.967 bits per heavy atom. The number of hydrogen-bond donors (Lipinski definition) is 3. The Morgan fingerprint density at radius 2 is 1.63 bits per heavy atom. The van der Waals surface area contributed by atoms with Gasteiger partial charge in [0.05, 0.1) is 26.2 Å². The van der Waals surface area contributed by atoms with Crippen LogP contribution in [0.5, 0.6) is 0 Å². The average Bonchev–Trinajstić information content (AvgIpc) is 2.74. The SMILES string of the molecule is CC[N+]1(CCCc2ccc(N)c(C)c2)CCN(CCNc2ccc(N)c(C)c2)CC1. The summed E-state index contributed by atoms with van der Waals surface area (Å²) in [4.78, 5) is 2.60. The quantitative estimate of drug-likeness (QED) is 0.436. The molecule has 0 spiro atoms. The second kappa shape index (κ2) is 10.2. The number of hydrogen-bond acceptors (Lipinski definition) is 4. The predicted molar refractivity (Wildman–Crippen MR) is 130 cm³/mol. The Labute approximate surface area is 182 Å². The molecule has 0 saturated carbocycles. The number of benzene rings is 2. The Bertz CT molecular complexity index is 824. The molecule has 2 aromatic rings. The third-order valence-corrected chi connectivity index (χ3v) is 6.91. The molecular formula is C25H40N5+. The first-order chi connectivity index (χ1) is 14.4. The molecule has 1 aliphatic rings. The van der Waals surface area contributed by atoms with Crippen molar-refractivity contribution in [2.45, 2.75) is 33.6 Å². The molecule has 0 aromatic heterocycles. The highest BCUT2D eigenvalue weighted by atomic mass is 15.4. The average molecular weight is 411 g/mol. The van der Waals surface area contributed by atoms with Crippen molar-refractivity contribution in [2.24, 2.45) is 0 Å². The van der Waals surface area contributed by atoms with Gasteiger partial charge in [0.1, 0.15) is 0 Å². The second-order valence-corrected chi connectivity index (χ2v) is 8.96. The molecule has 5 heteroatoms. The van der Waals surface area contributed by atoms with E-state index in [0.29, 0.717) is 0 Å². The Kier molecular flexibility index (Phi) is 7.62. The molecule has 2 aromatic carbocycles. The van der Waals surface area contributed by atoms with Gasteiger partial charge >= 0.3 is 0 Å². The lowest BCUT2D eigenvalue weighted by Crippen LogP contribution is -2.60. The summed E-state index contributed by atoms with van der Waals surface area (Å²) in [6, 6.07) is 12.7. The van der Waals surface area contributed by atoms with E-state index in [1.165, 1.54) is 61.3 Å². The molecule has 0 amide bonds. The highest BCUT2D eigenvalue weighted by Crippen LogP contribution is 2.19. The first-order valence-electron chi connectivity index (χ1n) is 11.4. The van der Waals surface area contributed by atoms with Gasteiger partial charge in [-0.05, 0) is 68.1 Å². The number of likely N-dealkylation sites (N-methyl/N-ethyl adjacent to an activating group) is 1. The smallest absolute Gasteiger partial charge is 0.0916 e. The number of piperazine rings is 1. The van der Waals surface area contributed by atoms with E-state index in [-0.39, 0.29) is 0 Å². The third kappa shape index (κ3) is 5.89. The maximum atomic E-state index is 5.95. The van der Waals surface area contributed by atoms with Crippen LogP contribution >= 0.6 is 0 Å². The summed E-state index contributed by atoms with van der Waals surface area (Å²) in [7, 11) is 0. The van der Waals surface area contributed by atoms with Gasteiger partial charge in [-0.3, -0.25) is 4.90 Å². The summed E-state index contributed by atoms with van der Waals surface area (Å²) < 4.78 is 1.26. The molecule has 0 unspecified atom stereocenters. The van der Waals surface area contributed by atoms with Gasteiger partial charge in [0.2, 0.25) is 0 Å². The van der Waals surface area contributed by atoms with E-state index in [2.05, 4.69) is 55.3 Å². The van der Waals surface area contributed by atoms with Crippen LogP contribution in [0.3, 0.4) is 0 Å². The van der Waals surface area contributed by atoms with E-state index in [9.17, 15) is 0 Å². The number of anilines is 3. The minimum absolute atomic E-state index is 0.858. The van der Waals surface area contributed by atoms with Crippen molar-refractivity contribution in [1.29, 1.82) is 0 Å². The minimum atomic E-state index is 0.858. The predicted octanol–water partition coefficient (Wildman–Crippen LogP) is 3.66. The van der Waals surface area contributed by atoms with Gasteiger partial charge in [0.15, 0.2) is 0 Å². The first kappa shape index (κ1) is 22.4. The number of nitrogens with one attached hydrogen (secondary N) is 1. The number of nitrogens with zero attached hydrogens (tertiary/aromatic N) is 2. The van der Waals surface area contributed by atoms with Gasteiger partial charge in [0.25, 0.3) is 0 Å². The minimum Gasteiger partial charge on any atom is -0.399 e. The summed E-state index contributed by atoms with van der Waals surface area (Å²) in [6.45, 7) is 16.0. The number of aryl methyl sites for hydroxylation is 3. The zero-order valence-corrected chi connectivity index (χ0v) is 19.1. The highest BCUT2D eigenvalue weighted by Gasteiger charge is 2.30. The molecule has 1 saturated heterocycles.